The molecule has 0 fully saturated rings. The molecule has 0 bridgehead atoms. The molecule has 0 unspecified atom stereocenters. The molecular weight excluding hydrogens is 687 g/mol. The van der Waals surface area contributed by atoms with Gasteiger partial charge in [0.05, 0.1) is 5.69 Å². The van der Waals surface area contributed by atoms with Crippen molar-refractivity contribution in [3.63, 3.8) is 0 Å². The molecule has 2 nitrogen and oxygen atoms in total. The number of benzene rings is 9. The van der Waals surface area contributed by atoms with Crippen molar-refractivity contribution < 1.29 is 4.42 Å². The van der Waals surface area contributed by atoms with Crippen LogP contribution in [0.15, 0.2) is 205 Å². The van der Waals surface area contributed by atoms with Gasteiger partial charge < -0.3 is 9.32 Å². The predicted octanol–water partition coefficient (Wildman–Crippen LogP) is 15.6. The first-order valence-electron chi connectivity index (χ1n) is 18.7. The van der Waals surface area contributed by atoms with Crippen molar-refractivity contribution in [2.24, 2.45) is 0 Å². The Morgan fingerprint density at radius 2 is 1.02 bits per heavy atom. The third kappa shape index (κ3) is 5.24. The maximum atomic E-state index is 6.81. The van der Waals surface area contributed by atoms with E-state index in [1.165, 1.54) is 53.2 Å². The van der Waals surface area contributed by atoms with Crippen molar-refractivity contribution >= 4 is 81.3 Å². The lowest BCUT2D eigenvalue weighted by Gasteiger charge is -2.27. The normalized spacial score (nSPS) is 11.6. The van der Waals surface area contributed by atoms with Crippen LogP contribution in [-0.4, -0.2) is 0 Å². The average Bonchev–Trinajstić information content (AvgIpc) is 3.83. The highest BCUT2D eigenvalue weighted by atomic mass is 32.1. The summed E-state index contributed by atoms with van der Waals surface area (Å²) >= 11 is 1.87. The van der Waals surface area contributed by atoms with Gasteiger partial charge in [-0.25, -0.2) is 0 Å². The van der Waals surface area contributed by atoms with Gasteiger partial charge in [-0.05, 0) is 75.0 Å². The topological polar surface area (TPSA) is 16.4 Å². The van der Waals surface area contributed by atoms with Crippen LogP contribution in [0, 0.1) is 0 Å². The van der Waals surface area contributed by atoms with E-state index in [2.05, 4.69) is 205 Å². The van der Waals surface area contributed by atoms with E-state index in [4.69, 9.17) is 4.42 Å². The van der Waals surface area contributed by atoms with Crippen LogP contribution in [0.4, 0.5) is 17.1 Å². The van der Waals surface area contributed by atoms with Gasteiger partial charge in [0.1, 0.15) is 11.2 Å². The zero-order valence-electron chi connectivity index (χ0n) is 29.8. The second-order valence-corrected chi connectivity index (χ2v) is 15.1. The van der Waals surface area contributed by atoms with Crippen molar-refractivity contribution in [1.82, 2.24) is 0 Å². The second-order valence-electron chi connectivity index (χ2n) is 14.0. The Balaban J connectivity index is 1.14. The highest BCUT2D eigenvalue weighted by molar-refractivity contribution is 7.26. The van der Waals surface area contributed by atoms with E-state index in [1.54, 1.807) is 0 Å². The summed E-state index contributed by atoms with van der Waals surface area (Å²) in [5.74, 6) is 0. The molecule has 0 saturated heterocycles. The van der Waals surface area contributed by atoms with E-state index in [9.17, 15) is 0 Å². The summed E-state index contributed by atoms with van der Waals surface area (Å²) in [7, 11) is 0. The number of hydrogen-bond acceptors (Lipinski definition) is 3. The van der Waals surface area contributed by atoms with Crippen LogP contribution < -0.4 is 4.90 Å². The van der Waals surface area contributed by atoms with Crippen LogP contribution in [0.3, 0.4) is 0 Å². The molecule has 0 aliphatic rings. The molecule has 0 spiro atoms. The van der Waals surface area contributed by atoms with E-state index in [0.717, 1.165) is 50.1 Å². The number of rotatable bonds is 6. The highest BCUT2D eigenvalue weighted by Crippen LogP contribution is 2.49. The van der Waals surface area contributed by atoms with Gasteiger partial charge in [-0.1, -0.05) is 158 Å². The molecule has 0 aliphatic heterocycles. The summed E-state index contributed by atoms with van der Waals surface area (Å²) in [4.78, 5) is 2.41. The molecule has 0 aliphatic carbocycles. The largest absolute Gasteiger partial charge is 0.455 e. The fraction of sp³-hybridized carbons (Fsp3) is 0. The van der Waals surface area contributed by atoms with E-state index < -0.39 is 0 Å². The fourth-order valence-electron chi connectivity index (χ4n) is 8.31. The van der Waals surface area contributed by atoms with Gasteiger partial charge in [-0.15, -0.1) is 11.3 Å². The average molecular weight is 720 g/mol. The second kappa shape index (κ2) is 12.9. The molecule has 0 atom stereocenters. The number of hydrogen-bond donors (Lipinski definition) is 0. The Labute approximate surface area is 322 Å². The fourth-order valence-corrected chi connectivity index (χ4v) is 9.57. The van der Waals surface area contributed by atoms with Crippen molar-refractivity contribution in [1.29, 1.82) is 0 Å². The Bertz CT molecular complexity index is 3190. The minimum Gasteiger partial charge on any atom is -0.455 e. The number of thiophene rings is 1. The molecule has 0 amide bonds. The molecular formula is C52H33NOS. The van der Waals surface area contributed by atoms with E-state index in [0.29, 0.717) is 0 Å². The molecule has 11 rings (SSSR count). The molecule has 3 heteroatoms. The number of nitrogens with zero attached hydrogens (tertiary/aromatic N) is 1. The smallest absolute Gasteiger partial charge is 0.143 e. The lowest BCUT2D eigenvalue weighted by atomic mass is 9.97. The van der Waals surface area contributed by atoms with Gasteiger partial charge in [0, 0.05) is 53.9 Å². The van der Waals surface area contributed by atoms with Gasteiger partial charge in [0.2, 0.25) is 0 Å². The molecule has 2 aromatic heterocycles. The van der Waals surface area contributed by atoms with Crippen molar-refractivity contribution in [3.8, 4) is 33.4 Å². The van der Waals surface area contributed by atoms with Crippen LogP contribution in [-0.2, 0) is 0 Å². The predicted molar refractivity (Wildman–Crippen MR) is 235 cm³/mol. The summed E-state index contributed by atoms with van der Waals surface area (Å²) in [6.07, 6.45) is 0. The molecule has 55 heavy (non-hydrogen) atoms. The van der Waals surface area contributed by atoms with Crippen LogP contribution in [0.2, 0.25) is 0 Å². The standard InChI is InChI=1S/C52H33NOS/c1-3-13-35(14-4-1)42-22-12-23-45-44-30-29-39(33-48(44)54-51(42)45)53(38-27-25-37(26-28-38)41-21-11-18-34-17-7-8-19-40(34)41)47-32-31-43(36-15-5-2-6-16-36)52-50(47)46-20-9-10-24-49(46)55-52/h1-33H. The molecule has 0 saturated carbocycles. The minimum absolute atomic E-state index is 0.862. The van der Waals surface area contributed by atoms with E-state index in [1.807, 2.05) is 11.3 Å². The summed E-state index contributed by atoms with van der Waals surface area (Å²) < 4.78 is 9.36. The molecule has 0 radical (unpaired) electrons. The lowest BCUT2D eigenvalue weighted by Crippen LogP contribution is -2.10. The highest BCUT2D eigenvalue weighted by Gasteiger charge is 2.22. The van der Waals surface area contributed by atoms with Crippen LogP contribution in [0.25, 0.3) is 86.3 Å². The monoisotopic (exact) mass is 719 g/mol. The van der Waals surface area contributed by atoms with Gasteiger partial charge in [-0.2, -0.15) is 0 Å². The summed E-state index contributed by atoms with van der Waals surface area (Å²) in [6.45, 7) is 0. The molecule has 258 valence electrons. The molecule has 11 aromatic rings. The molecule has 9 aromatic carbocycles. The summed E-state index contributed by atoms with van der Waals surface area (Å²) in [5.41, 5.74) is 12.1. The van der Waals surface area contributed by atoms with Crippen LogP contribution in [0.1, 0.15) is 0 Å². The van der Waals surface area contributed by atoms with Crippen LogP contribution in [0.5, 0.6) is 0 Å². The van der Waals surface area contributed by atoms with Gasteiger partial charge in [-0.3, -0.25) is 0 Å². The minimum atomic E-state index is 0.862. The first-order chi connectivity index (χ1) is 27.3. The zero-order chi connectivity index (χ0) is 36.3. The van der Waals surface area contributed by atoms with Crippen molar-refractivity contribution in [2.45, 2.75) is 0 Å². The van der Waals surface area contributed by atoms with Crippen molar-refractivity contribution in [2.75, 3.05) is 4.90 Å². The third-order valence-corrected chi connectivity index (χ3v) is 12.1. The third-order valence-electron chi connectivity index (χ3n) is 10.9. The summed E-state index contributed by atoms with van der Waals surface area (Å²) in [5, 5.41) is 7.22. The molecule has 2 heterocycles. The number of furan rings is 1. The maximum absolute atomic E-state index is 6.81. The van der Waals surface area contributed by atoms with E-state index in [-0.39, 0.29) is 0 Å². The Hall–Kier alpha value is -6.94. The summed E-state index contributed by atoms with van der Waals surface area (Å²) in [6, 6.07) is 72.0. The number of anilines is 3. The Kier molecular flexibility index (Phi) is 7.39. The lowest BCUT2D eigenvalue weighted by molar-refractivity contribution is 0.670. The maximum Gasteiger partial charge on any atom is 0.143 e. The van der Waals surface area contributed by atoms with Gasteiger partial charge >= 0.3 is 0 Å². The number of para-hydroxylation sites is 1. The van der Waals surface area contributed by atoms with Crippen molar-refractivity contribution in [3.05, 3.63) is 200 Å². The Morgan fingerprint density at radius 3 is 1.84 bits per heavy atom. The SMILES string of the molecule is c1ccc(-c2cccc3c2oc2cc(N(c4ccc(-c5cccc6ccccc56)cc4)c4ccc(-c5ccccc5)c5sc6ccccc6c45)ccc23)cc1. The zero-order valence-corrected chi connectivity index (χ0v) is 30.6. The first kappa shape index (κ1) is 31.6. The van der Waals surface area contributed by atoms with Gasteiger partial charge in [0.25, 0.3) is 0 Å². The Morgan fingerprint density at radius 1 is 0.400 bits per heavy atom. The first-order valence-corrected chi connectivity index (χ1v) is 19.5. The number of fused-ring (bicyclic) bond motifs is 7. The molecule has 0 N–H and O–H groups in total. The quantitative estimate of drug-likeness (QED) is 0.170. The van der Waals surface area contributed by atoms with Gasteiger partial charge in [0.15, 0.2) is 0 Å². The van der Waals surface area contributed by atoms with E-state index >= 15 is 0 Å². The van der Waals surface area contributed by atoms with Crippen LogP contribution >= 0.6 is 11.3 Å².